The van der Waals surface area contributed by atoms with Crippen LogP contribution < -0.4 is 0 Å². The minimum atomic E-state index is -0.931. The van der Waals surface area contributed by atoms with E-state index in [2.05, 4.69) is 14.9 Å². The van der Waals surface area contributed by atoms with Crippen molar-refractivity contribution < 1.29 is 18.3 Å². The van der Waals surface area contributed by atoms with Gasteiger partial charge in [-0.3, -0.25) is 5.10 Å². The number of aromatic amines is 1. The van der Waals surface area contributed by atoms with Gasteiger partial charge in [0.2, 0.25) is 0 Å². The molecule has 21 heavy (non-hydrogen) atoms. The zero-order valence-electron chi connectivity index (χ0n) is 11.0. The van der Waals surface area contributed by atoms with Crippen molar-refractivity contribution in [2.45, 2.75) is 0 Å². The zero-order chi connectivity index (χ0) is 15.0. The molecule has 0 amide bonds. The fraction of sp³-hybridized carbons (Fsp3) is 0.0667. The standard InChI is InChI=1S/C15H10F2N2O2/c1-21-15(20)14-10-7-8(5-6-12(10)18-19-14)9-3-2-4-11(16)13(9)17/h2-7H,1H3,(H,18,19). The maximum Gasteiger partial charge on any atom is 0.359 e. The maximum atomic E-state index is 13.8. The van der Waals surface area contributed by atoms with Gasteiger partial charge < -0.3 is 4.74 Å². The second kappa shape index (κ2) is 4.97. The van der Waals surface area contributed by atoms with Crippen molar-refractivity contribution in [3.63, 3.8) is 0 Å². The third-order valence-electron chi connectivity index (χ3n) is 3.20. The topological polar surface area (TPSA) is 55.0 Å². The Bertz CT molecular complexity index is 843. The summed E-state index contributed by atoms with van der Waals surface area (Å²) in [5.74, 6) is -2.45. The molecule has 0 aliphatic carbocycles. The van der Waals surface area contributed by atoms with Crippen LogP contribution in [0.15, 0.2) is 36.4 Å². The van der Waals surface area contributed by atoms with E-state index in [-0.39, 0.29) is 11.3 Å². The van der Waals surface area contributed by atoms with Gasteiger partial charge in [-0.25, -0.2) is 13.6 Å². The Morgan fingerprint density at radius 2 is 2.05 bits per heavy atom. The molecule has 6 heteroatoms. The normalized spacial score (nSPS) is 10.8. The number of nitrogens with one attached hydrogen (secondary N) is 1. The molecule has 106 valence electrons. The van der Waals surface area contributed by atoms with E-state index < -0.39 is 17.6 Å². The van der Waals surface area contributed by atoms with Crippen LogP contribution in [0.25, 0.3) is 22.0 Å². The number of esters is 1. The van der Waals surface area contributed by atoms with Crippen molar-refractivity contribution >= 4 is 16.9 Å². The molecule has 0 saturated heterocycles. The smallest absolute Gasteiger partial charge is 0.359 e. The maximum absolute atomic E-state index is 13.8. The fourth-order valence-electron chi connectivity index (χ4n) is 2.16. The number of rotatable bonds is 2. The lowest BCUT2D eigenvalue weighted by molar-refractivity contribution is 0.0596. The number of nitrogens with zero attached hydrogens (tertiary/aromatic N) is 1. The molecule has 3 rings (SSSR count). The summed E-state index contributed by atoms with van der Waals surface area (Å²) in [6.07, 6.45) is 0. The van der Waals surface area contributed by atoms with Crippen LogP contribution in [0.4, 0.5) is 8.78 Å². The molecule has 4 nitrogen and oxygen atoms in total. The lowest BCUT2D eigenvalue weighted by Gasteiger charge is -2.04. The number of benzene rings is 2. The number of ether oxygens (including phenoxy) is 1. The van der Waals surface area contributed by atoms with Crippen molar-refractivity contribution in [2.75, 3.05) is 7.11 Å². The van der Waals surface area contributed by atoms with Gasteiger partial charge in [0.25, 0.3) is 0 Å². The average Bonchev–Trinajstić information content (AvgIpc) is 2.92. The van der Waals surface area contributed by atoms with Crippen molar-refractivity contribution in [3.05, 3.63) is 53.7 Å². The van der Waals surface area contributed by atoms with E-state index in [4.69, 9.17) is 0 Å². The molecule has 0 fully saturated rings. The summed E-state index contributed by atoms with van der Waals surface area (Å²) in [7, 11) is 1.25. The number of methoxy groups -OCH3 is 1. The third-order valence-corrected chi connectivity index (χ3v) is 3.20. The highest BCUT2D eigenvalue weighted by Gasteiger charge is 2.16. The number of hydrogen-bond acceptors (Lipinski definition) is 3. The first-order valence-electron chi connectivity index (χ1n) is 6.12. The highest BCUT2D eigenvalue weighted by Crippen LogP contribution is 2.28. The highest BCUT2D eigenvalue weighted by atomic mass is 19.2. The first-order valence-corrected chi connectivity index (χ1v) is 6.12. The van der Waals surface area contributed by atoms with Crippen LogP contribution in [-0.4, -0.2) is 23.3 Å². The number of carbonyl (C=O) groups is 1. The summed E-state index contributed by atoms with van der Waals surface area (Å²) in [4.78, 5) is 11.6. The first-order chi connectivity index (χ1) is 10.1. The minimum Gasteiger partial charge on any atom is -0.464 e. The van der Waals surface area contributed by atoms with Crippen LogP contribution in [0, 0.1) is 11.6 Å². The number of halogens is 2. The van der Waals surface area contributed by atoms with Crippen LogP contribution in [0.1, 0.15) is 10.5 Å². The molecule has 2 aromatic carbocycles. The number of fused-ring (bicyclic) bond motifs is 1. The second-order valence-corrected chi connectivity index (χ2v) is 4.43. The predicted molar refractivity (Wildman–Crippen MR) is 72.8 cm³/mol. The molecule has 1 aromatic heterocycles. The van der Waals surface area contributed by atoms with E-state index in [0.717, 1.165) is 6.07 Å². The average molecular weight is 288 g/mol. The summed E-state index contributed by atoms with van der Waals surface area (Å²) < 4.78 is 31.8. The Balaban J connectivity index is 2.20. The van der Waals surface area contributed by atoms with Crippen LogP contribution in [0.5, 0.6) is 0 Å². The number of aromatic nitrogens is 2. The lowest BCUT2D eigenvalue weighted by Crippen LogP contribution is -2.02. The van der Waals surface area contributed by atoms with Crippen molar-refractivity contribution in [1.82, 2.24) is 10.2 Å². The van der Waals surface area contributed by atoms with E-state index in [0.29, 0.717) is 16.5 Å². The molecular formula is C15H10F2N2O2. The molecule has 0 atom stereocenters. The van der Waals surface area contributed by atoms with Gasteiger partial charge >= 0.3 is 5.97 Å². The Labute approximate surface area is 118 Å². The summed E-state index contributed by atoms with van der Waals surface area (Å²) in [5.41, 5.74) is 1.28. The summed E-state index contributed by atoms with van der Waals surface area (Å²) in [6.45, 7) is 0. The molecule has 0 radical (unpaired) electrons. The Kier molecular flexibility index (Phi) is 3.13. The summed E-state index contributed by atoms with van der Waals surface area (Å²) in [6, 6.07) is 8.79. The Hall–Kier alpha value is -2.76. The lowest BCUT2D eigenvalue weighted by atomic mass is 10.0. The molecule has 1 N–H and O–H groups in total. The largest absolute Gasteiger partial charge is 0.464 e. The molecule has 0 unspecified atom stereocenters. The summed E-state index contributed by atoms with van der Waals surface area (Å²) >= 11 is 0. The fourth-order valence-corrected chi connectivity index (χ4v) is 2.16. The van der Waals surface area contributed by atoms with E-state index in [1.165, 1.54) is 19.2 Å². The van der Waals surface area contributed by atoms with Gasteiger partial charge in [-0.1, -0.05) is 18.2 Å². The van der Waals surface area contributed by atoms with Crippen LogP contribution in [0.2, 0.25) is 0 Å². The third kappa shape index (κ3) is 2.14. The monoisotopic (exact) mass is 288 g/mol. The van der Waals surface area contributed by atoms with Gasteiger partial charge in [-0.05, 0) is 23.8 Å². The number of hydrogen-bond donors (Lipinski definition) is 1. The van der Waals surface area contributed by atoms with E-state index in [1.807, 2.05) is 0 Å². The van der Waals surface area contributed by atoms with Crippen LogP contribution >= 0.6 is 0 Å². The molecule has 0 aliphatic rings. The van der Waals surface area contributed by atoms with Crippen molar-refractivity contribution in [3.8, 4) is 11.1 Å². The van der Waals surface area contributed by atoms with E-state index in [9.17, 15) is 13.6 Å². The molecule has 3 aromatic rings. The number of carbonyl (C=O) groups excluding carboxylic acids is 1. The molecule has 0 spiro atoms. The van der Waals surface area contributed by atoms with Crippen LogP contribution in [0.3, 0.4) is 0 Å². The Morgan fingerprint density at radius 3 is 2.81 bits per heavy atom. The second-order valence-electron chi connectivity index (χ2n) is 4.43. The quantitative estimate of drug-likeness (QED) is 0.736. The van der Waals surface area contributed by atoms with Gasteiger partial charge in [0, 0.05) is 10.9 Å². The SMILES string of the molecule is COC(=O)c1n[nH]c2ccc(-c3cccc(F)c3F)cc12. The van der Waals surface area contributed by atoms with Gasteiger partial charge in [0.15, 0.2) is 17.3 Å². The minimum absolute atomic E-state index is 0.103. The molecule has 0 aliphatic heterocycles. The van der Waals surface area contributed by atoms with E-state index >= 15 is 0 Å². The molecular weight excluding hydrogens is 278 g/mol. The van der Waals surface area contributed by atoms with Gasteiger partial charge in [0.1, 0.15) is 0 Å². The zero-order valence-corrected chi connectivity index (χ0v) is 11.0. The van der Waals surface area contributed by atoms with Crippen molar-refractivity contribution in [1.29, 1.82) is 0 Å². The van der Waals surface area contributed by atoms with Gasteiger partial charge in [0.05, 0.1) is 12.6 Å². The molecule has 1 heterocycles. The highest BCUT2D eigenvalue weighted by molar-refractivity contribution is 6.03. The van der Waals surface area contributed by atoms with Crippen LogP contribution in [-0.2, 0) is 4.74 Å². The van der Waals surface area contributed by atoms with E-state index in [1.54, 1.807) is 18.2 Å². The number of H-pyrrole nitrogens is 1. The summed E-state index contributed by atoms with van der Waals surface area (Å²) in [5, 5.41) is 7.05. The molecule has 0 bridgehead atoms. The predicted octanol–water partition coefficient (Wildman–Crippen LogP) is 3.29. The van der Waals surface area contributed by atoms with Crippen molar-refractivity contribution in [2.24, 2.45) is 0 Å². The van der Waals surface area contributed by atoms with Gasteiger partial charge in [-0.2, -0.15) is 5.10 Å². The van der Waals surface area contributed by atoms with Gasteiger partial charge in [-0.15, -0.1) is 0 Å². The molecule has 0 saturated carbocycles. The Morgan fingerprint density at radius 1 is 1.24 bits per heavy atom. The first kappa shape index (κ1) is 13.2.